The zero-order chi connectivity index (χ0) is 14.3. The van der Waals surface area contributed by atoms with Crippen LogP contribution in [0.3, 0.4) is 0 Å². The SMILES string of the molecule is COc1cc(C(C)(C)C)cc(CC2(N)CC2)c1OC. The molecule has 1 aliphatic carbocycles. The molecule has 0 heterocycles. The lowest BCUT2D eigenvalue weighted by Gasteiger charge is -2.24. The van der Waals surface area contributed by atoms with Crippen molar-refractivity contribution in [3.05, 3.63) is 23.3 Å². The van der Waals surface area contributed by atoms with E-state index in [4.69, 9.17) is 15.2 Å². The molecule has 1 fully saturated rings. The number of rotatable bonds is 4. The van der Waals surface area contributed by atoms with Crippen LogP contribution >= 0.6 is 0 Å². The molecule has 0 aromatic heterocycles. The Balaban J connectivity index is 2.48. The van der Waals surface area contributed by atoms with E-state index in [0.717, 1.165) is 36.3 Å². The van der Waals surface area contributed by atoms with Gasteiger partial charge in [-0.1, -0.05) is 26.8 Å². The van der Waals surface area contributed by atoms with Crippen molar-refractivity contribution in [1.29, 1.82) is 0 Å². The van der Waals surface area contributed by atoms with Crippen molar-refractivity contribution in [1.82, 2.24) is 0 Å². The van der Waals surface area contributed by atoms with Crippen LogP contribution < -0.4 is 15.2 Å². The highest BCUT2D eigenvalue weighted by Crippen LogP contribution is 2.42. The van der Waals surface area contributed by atoms with Gasteiger partial charge in [-0.15, -0.1) is 0 Å². The van der Waals surface area contributed by atoms with E-state index in [-0.39, 0.29) is 11.0 Å². The van der Waals surface area contributed by atoms with Crippen LogP contribution in [0.25, 0.3) is 0 Å². The van der Waals surface area contributed by atoms with Crippen molar-refractivity contribution in [2.75, 3.05) is 14.2 Å². The van der Waals surface area contributed by atoms with Crippen molar-refractivity contribution in [2.24, 2.45) is 5.73 Å². The summed E-state index contributed by atoms with van der Waals surface area (Å²) >= 11 is 0. The molecular formula is C16H25NO2. The van der Waals surface area contributed by atoms with Crippen LogP contribution in [-0.4, -0.2) is 19.8 Å². The third-order valence-electron chi connectivity index (χ3n) is 3.86. The van der Waals surface area contributed by atoms with Gasteiger partial charge >= 0.3 is 0 Å². The molecule has 1 aromatic rings. The molecule has 19 heavy (non-hydrogen) atoms. The summed E-state index contributed by atoms with van der Waals surface area (Å²) < 4.78 is 11.0. The zero-order valence-corrected chi connectivity index (χ0v) is 12.7. The van der Waals surface area contributed by atoms with Crippen molar-refractivity contribution < 1.29 is 9.47 Å². The van der Waals surface area contributed by atoms with E-state index in [2.05, 4.69) is 32.9 Å². The molecule has 0 bridgehead atoms. The van der Waals surface area contributed by atoms with Crippen molar-refractivity contribution in [2.45, 2.75) is 51.0 Å². The summed E-state index contributed by atoms with van der Waals surface area (Å²) in [6.07, 6.45) is 3.05. The fourth-order valence-electron chi connectivity index (χ4n) is 2.32. The molecule has 0 amide bonds. The average Bonchev–Trinajstić information content (AvgIpc) is 3.04. The summed E-state index contributed by atoms with van der Waals surface area (Å²) in [4.78, 5) is 0. The second-order valence-electron chi connectivity index (χ2n) is 6.66. The highest BCUT2D eigenvalue weighted by Gasteiger charge is 2.39. The predicted molar refractivity (Wildman–Crippen MR) is 78.1 cm³/mol. The monoisotopic (exact) mass is 263 g/mol. The van der Waals surface area contributed by atoms with Crippen LogP contribution in [0, 0.1) is 0 Å². The third-order valence-corrected chi connectivity index (χ3v) is 3.86. The number of ether oxygens (including phenoxy) is 2. The quantitative estimate of drug-likeness (QED) is 0.908. The largest absolute Gasteiger partial charge is 0.493 e. The summed E-state index contributed by atoms with van der Waals surface area (Å²) in [7, 11) is 3.37. The molecule has 1 aliphatic rings. The van der Waals surface area contributed by atoms with Gasteiger partial charge in [0.05, 0.1) is 14.2 Å². The molecule has 2 rings (SSSR count). The highest BCUT2D eigenvalue weighted by atomic mass is 16.5. The lowest BCUT2D eigenvalue weighted by Crippen LogP contribution is -2.25. The Morgan fingerprint density at radius 1 is 1.16 bits per heavy atom. The first kappa shape index (κ1) is 14.2. The summed E-state index contributed by atoms with van der Waals surface area (Å²) in [5.41, 5.74) is 8.72. The minimum atomic E-state index is -0.0329. The van der Waals surface area contributed by atoms with Crippen LogP contribution in [0.5, 0.6) is 11.5 Å². The Morgan fingerprint density at radius 3 is 2.21 bits per heavy atom. The molecule has 0 aliphatic heterocycles. The minimum Gasteiger partial charge on any atom is -0.493 e. The van der Waals surface area contributed by atoms with Crippen LogP contribution in [0.2, 0.25) is 0 Å². The first-order valence-electron chi connectivity index (χ1n) is 6.83. The summed E-state index contributed by atoms with van der Waals surface area (Å²) in [5, 5.41) is 0. The van der Waals surface area contributed by atoms with Crippen molar-refractivity contribution >= 4 is 0 Å². The standard InChI is InChI=1S/C16H25NO2/c1-15(2,3)12-8-11(10-16(17)6-7-16)14(19-5)13(9-12)18-4/h8-9H,6-7,10,17H2,1-5H3. The van der Waals surface area contributed by atoms with E-state index in [9.17, 15) is 0 Å². The molecule has 0 saturated heterocycles. The molecular weight excluding hydrogens is 238 g/mol. The Kier molecular flexibility index (Phi) is 3.52. The van der Waals surface area contributed by atoms with Gasteiger partial charge in [0.15, 0.2) is 11.5 Å². The Morgan fingerprint density at radius 2 is 1.79 bits per heavy atom. The number of methoxy groups -OCH3 is 2. The van der Waals surface area contributed by atoms with Gasteiger partial charge in [-0.25, -0.2) is 0 Å². The summed E-state index contributed by atoms with van der Waals surface area (Å²) in [5.74, 6) is 1.63. The maximum absolute atomic E-state index is 6.26. The van der Waals surface area contributed by atoms with Gasteiger partial charge in [-0.2, -0.15) is 0 Å². The van der Waals surface area contributed by atoms with Crippen LogP contribution in [-0.2, 0) is 11.8 Å². The molecule has 3 heteroatoms. The molecule has 3 nitrogen and oxygen atoms in total. The highest BCUT2D eigenvalue weighted by molar-refractivity contribution is 5.52. The maximum Gasteiger partial charge on any atom is 0.163 e. The zero-order valence-electron chi connectivity index (χ0n) is 12.7. The predicted octanol–water partition coefficient (Wildman–Crippen LogP) is 3.04. The first-order valence-corrected chi connectivity index (χ1v) is 6.83. The second-order valence-corrected chi connectivity index (χ2v) is 6.66. The fraction of sp³-hybridized carbons (Fsp3) is 0.625. The maximum atomic E-state index is 6.26. The van der Waals surface area contributed by atoms with E-state index >= 15 is 0 Å². The minimum absolute atomic E-state index is 0.0329. The van der Waals surface area contributed by atoms with Crippen LogP contribution in [0.1, 0.15) is 44.7 Å². The molecule has 0 spiro atoms. The van der Waals surface area contributed by atoms with E-state index in [1.54, 1.807) is 14.2 Å². The number of benzene rings is 1. The van der Waals surface area contributed by atoms with Crippen LogP contribution in [0.15, 0.2) is 12.1 Å². The molecule has 0 unspecified atom stereocenters. The number of hydrogen-bond acceptors (Lipinski definition) is 3. The van der Waals surface area contributed by atoms with Crippen molar-refractivity contribution in [3.8, 4) is 11.5 Å². The topological polar surface area (TPSA) is 44.5 Å². The van der Waals surface area contributed by atoms with Gasteiger partial charge in [0.1, 0.15) is 0 Å². The molecule has 2 N–H and O–H groups in total. The van der Waals surface area contributed by atoms with Gasteiger partial charge in [0, 0.05) is 11.1 Å². The third kappa shape index (κ3) is 3.03. The molecule has 106 valence electrons. The van der Waals surface area contributed by atoms with Gasteiger partial charge in [0.25, 0.3) is 0 Å². The fourth-order valence-corrected chi connectivity index (χ4v) is 2.32. The lowest BCUT2D eigenvalue weighted by atomic mass is 9.85. The average molecular weight is 263 g/mol. The number of nitrogens with two attached hydrogens (primary N) is 1. The molecule has 0 atom stereocenters. The summed E-state index contributed by atoms with van der Waals surface area (Å²) in [6, 6.07) is 4.28. The Hall–Kier alpha value is -1.22. The lowest BCUT2D eigenvalue weighted by molar-refractivity contribution is 0.349. The second kappa shape index (κ2) is 4.71. The van der Waals surface area contributed by atoms with E-state index in [0.29, 0.717) is 0 Å². The van der Waals surface area contributed by atoms with Crippen LogP contribution in [0.4, 0.5) is 0 Å². The smallest absolute Gasteiger partial charge is 0.163 e. The van der Waals surface area contributed by atoms with Crippen molar-refractivity contribution in [3.63, 3.8) is 0 Å². The van der Waals surface area contributed by atoms with Gasteiger partial charge < -0.3 is 15.2 Å². The van der Waals surface area contributed by atoms with E-state index in [1.165, 1.54) is 5.56 Å². The first-order chi connectivity index (χ1) is 8.79. The Labute approximate surface area is 116 Å². The van der Waals surface area contributed by atoms with Gasteiger partial charge in [0.2, 0.25) is 0 Å². The van der Waals surface area contributed by atoms with E-state index < -0.39 is 0 Å². The Bertz CT molecular complexity index is 470. The molecule has 0 radical (unpaired) electrons. The molecule has 1 aromatic carbocycles. The van der Waals surface area contributed by atoms with E-state index in [1.807, 2.05) is 0 Å². The van der Waals surface area contributed by atoms with Gasteiger partial charge in [-0.05, 0) is 36.3 Å². The molecule has 1 saturated carbocycles. The number of hydrogen-bond donors (Lipinski definition) is 1. The van der Waals surface area contributed by atoms with Gasteiger partial charge in [-0.3, -0.25) is 0 Å². The summed E-state index contributed by atoms with van der Waals surface area (Å²) in [6.45, 7) is 6.61. The normalized spacial score (nSPS) is 17.2.